The van der Waals surface area contributed by atoms with Gasteiger partial charge < -0.3 is 5.32 Å². The monoisotopic (exact) mass is 236 g/mol. The molecule has 1 aliphatic rings. The number of rotatable bonds is 5. The molecular formula is C12H20N4O. The molecule has 0 amide bonds. The van der Waals surface area contributed by atoms with Crippen LogP contribution in [0.5, 0.6) is 0 Å². The van der Waals surface area contributed by atoms with E-state index in [1.807, 2.05) is 0 Å². The Morgan fingerprint density at radius 1 is 1.53 bits per heavy atom. The third-order valence-electron chi connectivity index (χ3n) is 3.27. The summed E-state index contributed by atoms with van der Waals surface area (Å²) < 4.78 is 1.73. The maximum atomic E-state index is 12.1. The molecule has 0 radical (unpaired) electrons. The summed E-state index contributed by atoms with van der Waals surface area (Å²) in [5.41, 5.74) is 0.672. The van der Waals surface area contributed by atoms with Gasteiger partial charge in [0.15, 0.2) is 5.78 Å². The first-order valence-corrected chi connectivity index (χ1v) is 6.43. The number of nitrogens with one attached hydrogen (secondary N) is 1. The van der Waals surface area contributed by atoms with Crippen LogP contribution in [0.1, 0.15) is 43.1 Å². The second-order valence-electron chi connectivity index (χ2n) is 4.66. The zero-order valence-corrected chi connectivity index (χ0v) is 10.4. The summed E-state index contributed by atoms with van der Waals surface area (Å²) in [5.74, 6) is 0.712. The van der Waals surface area contributed by atoms with Gasteiger partial charge in [-0.15, -0.1) is 5.10 Å². The average Bonchev–Trinajstić information content (AvgIpc) is 2.79. The lowest BCUT2D eigenvalue weighted by Crippen LogP contribution is -2.29. The fourth-order valence-corrected chi connectivity index (χ4v) is 2.30. The SMILES string of the molecule is CCCn1nncc1C(=O)CC1CCNCC1. The highest BCUT2D eigenvalue weighted by Crippen LogP contribution is 2.18. The Balaban J connectivity index is 1.96. The molecule has 1 aromatic rings. The first kappa shape index (κ1) is 12.2. The first-order valence-electron chi connectivity index (χ1n) is 6.43. The molecule has 17 heavy (non-hydrogen) atoms. The molecule has 1 fully saturated rings. The van der Waals surface area contributed by atoms with E-state index in [0.29, 0.717) is 18.0 Å². The van der Waals surface area contributed by atoms with Gasteiger partial charge in [0, 0.05) is 13.0 Å². The third-order valence-corrected chi connectivity index (χ3v) is 3.27. The van der Waals surface area contributed by atoms with E-state index in [9.17, 15) is 4.79 Å². The second-order valence-corrected chi connectivity index (χ2v) is 4.66. The summed E-state index contributed by atoms with van der Waals surface area (Å²) in [6, 6.07) is 0. The molecule has 0 aromatic carbocycles. The number of piperidine rings is 1. The van der Waals surface area contributed by atoms with E-state index in [1.54, 1.807) is 10.9 Å². The maximum Gasteiger partial charge on any atom is 0.182 e. The van der Waals surface area contributed by atoms with Gasteiger partial charge >= 0.3 is 0 Å². The number of carbonyl (C=O) groups is 1. The number of Topliss-reactive ketones (excluding diaryl/α,β-unsaturated/α-hetero) is 1. The lowest BCUT2D eigenvalue weighted by molar-refractivity contribution is 0.0941. The molecular weight excluding hydrogens is 216 g/mol. The number of carbonyl (C=O) groups excluding carboxylic acids is 1. The highest BCUT2D eigenvalue weighted by Gasteiger charge is 2.20. The molecule has 5 heteroatoms. The summed E-state index contributed by atoms with van der Waals surface area (Å²) in [5, 5.41) is 11.1. The maximum absolute atomic E-state index is 12.1. The highest BCUT2D eigenvalue weighted by atomic mass is 16.1. The van der Waals surface area contributed by atoms with Crippen LogP contribution < -0.4 is 5.32 Å². The van der Waals surface area contributed by atoms with Crippen LogP contribution >= 0.6 is 0 Å². The molecule has 94 valence electrons. The Morgan fingerprint density at radius 3 is 3.00 bits per heavy atom. The van der Waals surface area contributed by atoms with Crippen LogP contribution in [-0.2, 0) is 6.54 Å². The van der Waals surface area contributed by atoms with Crippen LogP contribution in [0.2, 0.25) is 0 Å². The number of hydrogen-bond acceptors (Lipinski definition) is 4. The Labute approximate surface area is 102 Å². The molecule has 2 heterocycles. The van der Waals surface area contributed by atoms with Crippen molar-refractivity contribution < 1.29 is 4.79 Å². The zero-order valence-electron chi connectivity index (χ0n) is 10.4. The molecule has 0 spiro atoms. The standard InChI is InChI=1S/C12H20N4O/c1-2-7-16-11(9-14-15-16)12(17)8-10-3-5-13-6-4-10/h9-10,13H,2-8H2,1H3. The molecule has 0 unspecified atom stereocenters. The molecule has 0 atom stereocenters. The van der Waals surface area contributed by atoms with E-state index >= 15 is 0 Å². The van der Waals surface area contributed by atoms with E-state index in [1.165, 1.54) is 0 Å². The minimum atomic E-state index is 0.190. The van der Waals surface area contributed by atoms with Crippen LogP contribution in [-0.4, -0.2) is 33.9 Å². The average molecular weight is 236 g/mol. The van der Waals surface area contributed by atoms with Gasteiger partial charge in [-0.25, -0.2) is 4.68 Å². The minimum Gasteiger partial charge on any atom is -0.317 e. The summed E-state index contributed by atoms with van der Waals surface area (Å²) in [7, 11) is 0. The van der Waals surface area contributed by atoms with E-state index in [2.05, 4.69) is 22.6 Å². The first-order chi connectivity index (χ1) is 8.31. The van der Waals surface area contributed by atoms with Gasteiger partial charge in [0.2, 0.25) is 0 Å². The summed E-state index contributed by atoms with van der Waals surface area (Å²) >= 11 is 0. The van der Waals surface area contributed by atoms with E-state index in [4.69, 9.17) is 0 Å². The van der Waals surface area contributed by atoms with Gasteiger partial charge in [-0.1, -0.05) is 12.1 Å². The Hall–Kier alpha value is -1.23. The summed E-state index contributed by atoms with van der Waals surface area (Å²) in [6.45, 7) is 4.91. The number of aromatic nitrogens is 3. The molecule has 1 saturated heterocycles. The quantitative estimate of drug-likeness (QED) is 0.782. The van der Waals surface area contributed by atoms with Crippen molar-refractivity contribution in [2.75, 3.05) is 13.1 Å². The molecule has 1 aromatic heterocycles. The van der Waals surface area contributed by atoms with Crippen molar-refractivity contribution in [3.05, 3.63) is 11.9 Å². The Morgan fingerprint density at radius 2 is 2.29 bits per heavy atom. The smallest absolute Gasteiger partial charge is 0.182 e. The third kappa shape index (κ3) is 3.12. The number of hydrogen-bond donors (Lipinski definition) is 1. The topological polar surface area (TPSA) is 59.8 Å². The van der Waals surface area contributed by atoms with Crippen molar-refractivity contribution in [2.24, 2.45) is 5.92 Å². The van der Waals surface area contributed by atoms with Gasteiger partial charge in [0.25, 0.3) is 0 Å². The number of nitrogens with zero attached hydrogens (tertiary/aromatic N) is 3. The fourth-order valence-electron chi connectivity index (χ4n) is 2.30. The van der Waals surface area contributed by atoms with E-state index < -0.39 is 0 Å². The second kappa shape index (κ2) is 5.91. The molecule has 5 nitrogen and oxygen atoms in total. The van der Waals surface area contributed by atoms with Crippen LogP contribution in [0, 0.1) is 5.92 Å². The van der Waals surface area contributed by atoms with Crippen LogP contribution in [0.3, 0.4) is 0 Å². The molecule has 0 bridgehead atoms. The predicted octanol–water partition coefficient (Wildman–Crippen LogP) is 1.26. The predicted molar refractivity (Wildman–Crippen MR) is 64.9 cm³/mol. The normalized spacial score (nSPS) is 17.2. The molecule has 1 N–H and O–H groups in total. The number of ketones is 1. The Bertz CT molecular complexity index is 368. The lowest BCUT2D eigenvalue weighted by Gasteiger charge is -2.21. The van der Waals surface area contributed by atoms with E-state index in [0.717, 1.165) is 38.9 Å². The van der Waals surface area contributed by atoms with Crippen molar-refractivity contribution in [3.63, 3.8) is 0 Å². The van der Waals surface area contributed by atoms with Crippen LogP contribution in [0.15, 0.2) is 6.20 Å². The molecule has 2 rings (SSSR count). The van der Waals surface area contributed by atoms with Crippen molar-refractivity contribution in [2.45, 2.75) is 39.2 Å². The van der Waals surface area contributed by atoms with Crippen molar-refractivity contribution in [3.8, 4) is 0 Å². The molecule has 1 aliphatic heterocycles. The van der Waals surface area contributed by atoms with Crippen molar-refractivity contribution >= 4 is 5.78 Å². The van der Waals surface area contributed by atoms with Crippen molar-refractivity contribution in [1.82, 2.24) is 20.3 Å². The summed E-state index contributed by atoms with van der Waals surface area (Å²) in [6.07, 6.45) is 5.40. The zero-order chi connectivity index (χ0) is 12.1. The van der Waals surface area contributed by atoms with Crippen LogP contribution in [0.4, 0.5) is 0 Å². The number of aryl methyl sites for hydroxylation is 1. The largest absolute Gasteiger partial charge is 0.317 e. The van der Waals surface area contributed by atoms with Crippen LogP contribution in [0.25, 0.3) is 0 Å². The minimum absolute atomic E-state index is 0.190. The van der Waals surface area contributed by atoms with Gasteiger partial charge in [0.05, 0.1) is 6.20 Å². The summed E-state index contributed by atoms with van der Waals surface area (Å²) in [4.78, 5) is 12.1. The van der Waals surface area contributed by atoms with Gasteiger partial charge in [-0.3, -0.25) is 4.79 Å². The van der Waals surface area contributed by atoms with E-state index in [-0.39, 0.29) is 5.78 Å². The molecule has 0 saturated carbocycles. The van der Waals surface area contributed by atoms with Gasteiger partial charge in [-0.2, -0.15) is 0 Å². The van der Waals surface area contributed by atoms with Crippen molar-refractivity contribution in [1.29, 1.82) is 0 Å². The Kier molecular flexibility index (Phi) is 4.25. The molecule has 0 aliphatic carbocycles. The van der Waals surface area contributed by atoms with Gasteiger partial charge in [-0.05, 0) is 38.3 Å². The van der Waals surface area contributed by atoms with Gasteiger partial charge in [0.1, 0.15) is 5.69 Å². The highest BCUT2D eigenvalue weighted by molar-refractivity contribution is 5.94. The lowest BCUT2D eigenvalue weighted by atomic mass is 9.92. The fraction of sp³-hybridized carbons (Fsp3) is 0.750.